The Balaban J connectivity index is 1.49. The van der Waals surface area contributed by atoms with Crippen molar-refractivity contribution in [2.45, 2.75) is 13.5 Å². The van der Waals surface area contributed by atoms with Gasteiger partial charge >= 0.3 is 0 Å². The maximum absolute atomic E-state index is 13.9. The zero-order valence-electron chi connectivity index (χ0n) is 20.4. The summed E-state index contributed by atoms with van der Waals surface area (Å²) in [5.74, 6) is 0.800. The van der Waals surface area contributed by atoms with Crippen LogP contribution in [0.4, 0.5) is 0 Å². The SMILES string of the molecule is C=Cc1cc2c(cc1OC)c(C(=O)N1CCN(Cc3ccccc3)CC1)c(C)n2-c1ccccc1. The molecule has 1 aromatic heterocycles. The maximum atomic E-state index is 13.9. The van der Waals surface area contributed by atoms with Gasteiger partial charge in [0.2, 0.25) is 0 Å². The second-order valence-corrected chi connectivity index (χ2v) is 9.00. The van der Waals surface area contributed by atoms with Crippen LogP contribution in [0.15, 0.2) is 79.4 Å². The normalized spacial score (nSPS) is 14.3. The number of piperazine rings is 1. The van der Waals surface area contributed by atoms with Crippen molar-refractivity contribution in [2.75, 3.05) is 33.3 Å². The molecule has 3 aromatic carbocycles. The Labute approximate surface area is 206 Å². The fourth-order valence-corrected chi connectivity index (χ4v) is 5.08. The summed E-state index contributed by atoms with van der Waals surface area (Å²) in [6, 6.07) is 24.7. The van der Waals surface area contributed by atoms with E-state index in [0.29, 0.717) is 13.1 Å². The van der Waals surface area contributed by atoms with E-state index in [1.54, 1.807) is 13.2 Å². The molecule has 5 rings (SSSR count). The summed E-state index contributed by atoms with van der Waals surface area (Å²) in [4.78, 5) is 18.3. The lowest BCUT2D eigenvalue weighted by Gasteiger charge is -2.35. The molecule has 0 atom stereocenters. The van der Waals surface area contributed by atoms with Gasteiger partial charge in [-0.1, -0.05) is 61.2 Å². The van der Waals surface area contributed by atoms with Crippen molar-refractivity contribution in [1.29, 1.82) is 0 Å². The molecule has 0 radical (unpaired) electrons. The zero-order valence-corrected chi connectivity index (χ0v) is 20.4. The molecular formula is C30H31N3O2. The number of nitrogens with zero attached hydrogens (tertiary/aromatic N) is 3. The lowest BCUT2D eigenvalue weighted by atomic mass is 10.1. The van der Waals surface area contributed by atoms with Crippen molar-refractivity contribution >= 4 is 22.9 Å². The Bertz CT molecular complexity index is 1350. The Kier molecular flexibility index (Phi) is 6.43. The number of carbonyl (C=O) groups is 1. The van der Waals surface area contributed by atoms with E-state index in [4.69, 9.17) is 4.74 Å². The molecule has 178 valence electrons. The van der Waals surface area contributed by atoms with Crippen LogP contribution in [0.5, 0.6) is 5.75 Å². The highest BCUT2D eigenvalue weighted by molar-refractivity contribution is 6.09. The molecule has 1 fully saturated rings. The summed E-state index contributed by atoms with van der Waals surface area (Å²) in [5, 5.41) is 0.908. The van der Waals surface area contributed by atoms with Crippen LogP contribution in [-0.4, -0.2) is 53.6 Å². The van der Waals surface area contributed by atoms with Crippen molar-refractivity contribution in [3.8, 4) is 11.4 Å². The number of aromatic nitrogens is 1. The van der Waals surface area contributed by atoms with Crippen LogP contribution in [-0.2, 0) is 6.54 Å². The minimum Gasteiger partial charge on any atom is -0.496 e. The van der Waals surface area contributed by atoms with Gasteiger partial charge in [-0.05, 0) is 36.8 Å². The first-order valence-corrected chi connectivity index (χ1v) is 12.1. The average molecular weight is 466 g/mol. The van der Waals surface area contributed by atoms with Crippen LogP contribution in [0.1, 0.15) is 27.2 Å². The van der Waals surface area contributed by atoms with E-state index in [0.717, 1.165) is 58.8 Å². The third kappa shape index (κ3) is 4.35. The number of carbonyl (C=O) groups excluding carboxylic acids is 1. The van der Waals surface area contributed by atoms with Crippen LogP contribution >= 0.6 is 0 Å². The fraction of sp³-hybridized carbons (Fsp3) is 0.233. The standard InChI is InChI=1S/C30H31N3O2/c1-4-24-19-27-26(20-28(24)35-3)29(22(2)33(27)25-13-9-6-10-14-25)30(34)32-17-15-31(16-18-32)21-23-11-7-5-8-12-23/h4-14,19-20H,1,15-18,21H2,2-3H3. The summed E-state index contributed by atoms with van der Waals surface area (Å²) in [5.41, 5.74) is 5.90. The first-order valence-electron chi connectivity index (χ1n) is 12.1. The Morgan fingerprint density at radius 1 is 0.971 bits per heavy atom. The molecule has 1 aliphatic rings. The highest BCUT2D eigenvalue weighted by atomic mass is 16.5. The van der Waals surface area contributed by atoms with E-state index in [-0.39, 0.29) is 5.91 Å². The number of amides is 1. The topological polar surface area (TPSA) is 37.7 Å². The van der Waals surface area contributed by atoms with E-state index in [1.807, 2.05) is 42.2 Å². The van der Waals surface area contributed by atoms with Gasteiger partial charge in [0, 0.05) is 55.1 Å². The molecule has 0 saturated carbocycles. The van der Waals surface area contributed by atoms with E-state index >= 15 is 0 Å². The average Bonchev–Trinajstić information content (AvgIpc) is 3.19. The van der Waals surface area contributed by atoms with E-state index in [2.05, 4.69) is 58.5 Å². The van der Waals surface area contributed by atoms with Crippen molar-refractivity contribution in [2.24, 2.45) is 0 Å². The summed E-state index contributed by atoms with van der Waals surface area (Å²) in [6.07, 6.45) is 1.80. The number of benzene rings is 3. The lowest BCUT2D eigenvalue weighted by Crippen LogP contribution is -2.48. The van der Waals surface area contributed by atoms with Gasteiger partial charge in [0.25, 0.3) is 5.91 Å². The molecule has 0 bridgehead atoms. The molecule has 1 saturated heterocycles. The molecule has 1 amide bonds. The summed E-state index contributed by atoms with van der Waals surface area (Å²) in [7, 11) is 1.66. The maximum Gasteiger partial charge on any atom is 0.256 e. The second kappa shape index (κ2) is 9.80. The molecule has 35 heavy (non-hydrogen) atoms. The molecule has 0 unspecified atom stereocenters. The third-order valence-electron chi connectivity index (χ3n) is 6.91. The predicted molar refractivity (Wildman–Crippen MR) is 142 cm³/mol. The van der Waals surface area contributed by atoms with Crippen molar-refractivity contribution < 1.29 is 9.53 Å². The van der Waals surface area contributed by atoms with Crippen molar-refractivity contribution in [3.63, 3.8) is 0 Å². The number of methoxy groups -OCH3 is 1. The first-order chi connectivity index (χ1) is 17.1. The van der Waals surface area contributed by atoms with Gasteiger partial charge in [-0.3, -0.25) is 9.69 Å². The molecule has 5 heteroatoms. The first kappa shape index (κ1) is 22.9. The number of rotatable bonds is 6. The largest absolute Gasteiger partial charge is 0.496 e. The van der Waals surface area contributed by atoms with Gasteiger partial charge in [0.15, 0.2) is 0 Å². The number of hydrogen-bond acceptors (Lipinski definition) is 3. The number of hydrogen-bond donors (Lipinski definition) is 0. The summed E-state index contributed by atoms with van der Waals surface area (Å²) < 4.78 is 7.81. The van der Waals surface area contributed by atoms with Crippen molar-refractivity contribution in [3.05, 3.63) is 102 Å². The Morgan fingerprint density at radius 2 is 1.63 bits per heavy atom. The lowest BCUT2D eigenvalue weighted by molar-refractivity contribution is 0.0629. The number of fused-ring (bicyclic) bond motifs is 1. The fourth-order valence-electron chi connectivity index (χ4n) is 5.08. The molecule has 0 N–H and O–H groups in total. The van der Waals surface area contributed by atoms with Gasteiger partial charge in [-0.2, -0.15) is 0 Å². The number of para-hydroxylation sites is 1. The van der Waals surface area contributed by atoms with Crippen LogP contribution in [0.25, 0.3) is 22.7 Å². The minimum absolute atomic E-state index is 0.0787. The predicted octanol–water partition coefficient (Wildman–Crippen LogP) is 5.55. The highest BCUT2D eigenvalue weighted by Crippen LogP contribution is 2.35. The van der Waals surface area contributed by atoms with Gasteiger partial charge in [-0.15, -0.1) is 0 Å². The molecule has 1 aliphatic heterocycles. The molecule has 5 nitrogen and oxygen atoms in total. The van der Waals surface area contributed by atoms with Gasteiger partial charge in [-0.25, -0.2) is 0 Å². The van der Waals surface area contributed by atoms with Crippen LogP contribution in [0, 0.1) is 6.92 Å². The number of ether oxygens (including phenoxy) is 1. The molecule has 0 spiro atoms. The molecule has 2 heterocycles. The quantitative estimate of drug-likeness (QED) is 0.375. The summed E-state index contributed by atoms with van der Waals surface area (Å²) in [6.45, 7) is 10.1. The van der Waals surface area contributed by atoms with Crippen LogP contribution in [0.3, 0.4) is 0 Å². The zero-order chi connectivity index (χ0) is 24.4. The molecule has 0 aliphatic carbocycles. The van der Waals surface area contributed by atoms with Gasteiger partial charge in [0.1, 0.15) is 5.75 Å². The highest BCUT2D eigenvalue weighted by Gasteiger charge is 2.28. The van der Waals surface area contributed by atoms with Crippen LogP contribution < -0.4 is 4.74 Å². The second-order valence-electron chi connectivity index (χ2n) is 9.00. The smallest absolute Gasteiger partial charge is 0.256 e. The van der Waals surface area contributed by atoms with E-state index in [1.165, 1.54) is 5.56 Å². The Morgan fingerprint density at radius 3 is 2.26 bits per heavy atom. The molecule has 4 aromatic rings. The van der Waals surface area contributed by atoms with Gasteiger partial charge in [0.05, 0.1) is 18.2 Å². The minimum atomic E-state index is 0.0787. The third-order valence-corrected chi connectivity index (χ3v) is 6.91. The Hall–Kier alpha value is -3.83. The van der Waals surface area contributed by atoms with Gasteiger partial charge < -0.3 is 14.2 Å². The van der Waals surface area contributed by atoms with E-state index < -0.39 is 0 Å². The van der Waals surface area contributed by atoms with Crippen molar-refractivity contribution in [1.82, 2.24) is 14.4 Å². The monoisotopic (exact) mass is 465 g/mol. The summed E-state index contributed by atoms with van der Waals surface area (Å²) >= 11 is 0. The molecular weight excluding hydrogens is 434 g/mol. The van der Waals surface area contributed by atoms with Crippen LogP contribution in [0.2, 0.25) is 0 Å². The van der Waals surface area contributed by atoms with E-state index in [9.17, 15) is 4.79 Å².